The summed E-state index contributed by atoms with van der Waals surface area (Å²) in [7, 11) is -7.16. The predicted octanol–water partition coefficient (Wildman–Crippen LogP) is -4.12. The van der Waals surface area contributed by atoms with E-state index in [0.29, 0.717) is 4.72 Å². The molecule has 1 unspecified atom stereocenters. The molecular formula is C16H15F17K2N2O6S. The van der Waals surface area contributed by atoms with Gasteiger partial charge in [0.15, 0.2) is 0 Å². The van der Waals surface area contributed by atoms with Crippen LogP contribution in [0.5, 0.6) is 0 Å². The van der Waals surface area contributed by atoms with Gasteiger partial charge in [-0.2, -0.15) is 74.6 Å². The molecular weight excluding hydrogens is 749 g/mol. The molecule has 1 atom stereocenters. The number of nitrogens with one attached hydrogen (secondary N) is 1. The molecule has 0 saturated heterocycles. The third kappa shape index (κ3) is 9.97. The first kappa shape index (κ1) is 51.7. The van der Waals surface area contributed by atoms with Crippen LogP contribution in [0.25, 0.3) is 0 Å². The second-order valence-corrected chi connectivity index (χ2v) is 9.50. The Morgan fingerprint density at radius 1 is 0.682 bits per heavy atom. The third-order valence-electron chi connectivity index (χ3n) is 4.54. The van der Waals surface area contributed by atoms with Gasteiger partial charge >= 0.3 is 150 Å². The van der Waals surface area contributed by atoms with Gasteiger partial charge in [0.05, 0.1) is 5.97 Å². The van der Waals surface area contributed by atoms with Gasteiger partial charge < -0.3 is 25.5 Å². The smallest absolute Gasteiger partial charge is 0.550 e. The van der Waals surface area contributed by atoms with Crippen molar-refractivity contribution in [3.63, 3.8) is 0 Å². The number of aliphatic carboxylic acids is 2. The average molecular weight is 765 g/mol. The minimum atomic E-state index is -8.81. The Labute approximate surface area is 319 Å². The molecule has 252 valence electrons. The number of hydrogen-bond acceptors (Lipinski definition) is 7. The number of alkyl halides is 17. The van der Waals surface area contributed by atoms with Crippen LogP contribution in [0.1, 0.15) is 26.2 Å². The van der Waals surface area contributed by atoms with E-state index in [2.05, 4.69) is 0 Å². The molecule has 0 amide bonds. The second-order valence-electron chi connectivity index (χ2n) is 7.69. The van der Waals surface area contributed by atoms with E-state index in [-0.39, 0.29) is 116 Å². The van der Waals surface area contributed by atoms with Gasteiger partial charge in [0, 0.05) is 18.6 Å². The molecule has 0 aromatic heterocycles. The number of carboxylic acids is 2. The summed E-state index contributed by atoms with van der Waals surface area (Å²) in [5.41, 5.74) is 4.91. The van der Waals surface area contributed by atoms with Crippen LogP contribution in [0.3, 0.4) is 0 Å². The van der Waals surface area contributed by atoms with E-state index in [1.54, 1.807) is 0 Å². The number of carboxylic acid groups (broad SMARTS) is 2. The molecule has 8 nitrogen and oxygen atoms in total. The van der Waals surface area contributed by atoms with Crippen molar-refractivity contribution < 1.29 is 206 Å². The van der Waals surface area contributed by atoms with Crippen LogP contribution in [0.15, 0.2) is 0 Å². The Bertz CT molecular complexity index is 1070. The van der Waals surface area contributed by atoms with Crippen molar-refractivity contribution in [1.82, 2.24) is 4.72 Å². The molecule has 0 fully saturated rings. The molecule has 0 aliphatic carbocycles. The summed E-state index contributed by atoms with van der Waals surface area (Å²) >= 11 is 0. The molecule has 0 aromatic rings. The van der Waals surface area contributed by atoms with Crippen molar-refractivity contribution in [1.29, 1.82) is 0 Å². The fraction of sp³-hybridized carbons (Fsp3) is 0.875. The summed E-state index contributed by atoms with van der Waals surface area (Å²) in [5.74, 6) is -54.2. The Balaban J connectivity index is -0.000000570. The number of halogens is 17. The van der Waals surface area contributed by atoms with Crippen molar-refractivity contribution in [3.8, 4) is 0 Å². The SMILES string of the molecule is CCCNS(=O)(=O)C(F)(F)C(F)(F)C(F)(F)C(F)(F)C(F)(F)C(F)(F)C(F)(F)C(F)(F)F.NC(CCC(=O)[O-])C(=O)[O-].[K+].[K+]. The molecule has 28 heteroatoms. The third-order valence-corrected chi connectivity index (χ3v) is 6.05. The minimum Gasteiger partial charge on any atom is -0.550 e. The molecule has 0 rings (SSSR count). The van der Waals surface area contributed by atoms with Crippen LogP contribution in [0.4, 0.5) is 74.6 Å². The Kier molecular flexibility index (Phi) is 20.0. The Morgan fingerprint density at radius 2 is 1.00 bits per heavy atom. The van der Waals surface area contributed by atoms with E-state index >= 15 is 0 Å². The van der Waals surface area contributed by atoms with Gasteiger partial charge in [-0.25, -0.2) is 13.1 Å². The number of rotatable bonds is 14. The molecule has 0 aromatic carbocycles. The largest absolute Gasteiger partial charge is 1.00 e. The van der Waals surface area contributed by atoms with Crippen LogP contribution in [0.2, 0.25) is 0 Å². The van der Waals surface area contributed by atoms with E-state index in [4.69, 9.17) is 5.73 Å². The van der Waals surface area contributed by atoms with Crippen molar-refractivity contribution in [3.05, 3.63) is 0 Å². The van der Waals surface area contributed by atoms with Gasteiger partial charge in [-0.05, 0) is 19.3 Å². The zero-order chi connectivity index (χ0) is 34.8. The fourth-order valence-corrected chi connectivity index (χ4v) is 3.16. The van der Waals surface area contributed by atoms with Gasteiger partial charge in [-0.1, -0.05) is 6.92 Å². The zero-order valence-corrected chi connectivity index (χ0v) is 28.8. The van der Waals surface area contributed by atoms with E-state index in [1.807, 2.05) is 0 Å². The maximum atomic E-state index is 13.5. The van der Waals surface area contributed by atoms with Crippen molar-refractivity contribution >= 4 is 22.0 Å². The predicted molar refractivity (Wildman–Crippen MR) is 95.1 cm³/mol. The maximum absolute atomic E-state index is 13.5. The summed E-state index contributed by atoms with van der Waals surface area (Å²) in [6.45, 7) is -0.312. The number of hydrogen-bond donors (Lipinski definition) is 2. The molecule has 0 bridgehead atoms. The van der Waals surface area contributed by atoms with Crippen LogP contribution in [-0.2, 0) is 19.6 Å². The molecule has 44 heavy (non-hydrogen) atoms. The standard InChI is InChI=1S/C11H8F17NO2S.C5H9NO4.2K/c1-2-3-29-32(30,31)11(27,28)9(22,23)7(18,19)5(14,15)4(12,13)6(16,17)8(20,21)10(24,25)26;6-3(5(9)10)1-2-4(7)8;;/h29H,2-3H2,1H3;3H,1-2,6H2,(H,7,8)(H,9,10);;/q;;2*+1/p-2. The molecule has 0 spiro atoms. The minimum absolute atomic E-state index is 0. The summed E-state index contributed by atoms with van der Waals surface area (Å²) in [6.07, 6.45) is -8.89. The maximum Gasteiger partial charge on any atom is 1.00 e. The quantitative estimate of drug-likeness (QED) is 0.135. The fourth-order valence-electron chi connectivity index (χ4n) is 2.04. The van der Waals surface area contributed by atoms with Crippen LogP contribution in [-0.4, -0.2) is 79.9 Å². The first-order valence-corrected chi connectivity index (χ1v) is 11.4. The molecule has 0 radical (unpaired) electrons. The normalized spacial score (nSPS) is 14.8. The van der Waals surface area contributed by atoms with Gasteiger partial charge in [-0.3, -0.25) is 0 Å². The van der Waals surface area contributed by atoms with Crippen LogP contribution in [0, 0.1) is 0 Å². The summed E-state index contributed by atoms with van der Waals surface area (Å²) < 4.78 is 243. The van der Waals surface area contributed by atoms with E-state index in [0.717, 1.165) is 6.92 Å². The number of carbonyl (C=O) groups is 2. The topological polar surface area (TPSA) is 152 Å². The molecule has 0 heterocycles. The molecule has 0 aliphatic rings. The molecule has 3 N–H and O–H groups in total. The summed E-state index contributed by atoms with van der Waals surface area (Å²) in [4.78, 5) is 19.6. The van der Waals surface area contributed by atoms with E-state index in [9.17, 15) is 103 Å². The second kappa shape index (κ2) is 17.0. The van der Waals surface area contributed by atoms with E-state index in [1.165, 1.54) is 0 Å². The van der Waals surface area contributed by atoms with Crippen LogP contribution >= 0.6 is 0 Å². The number of sulfonamides is 1. The molecule has 0 saturated carbocycles. The van der Waals surface area contributed by atoms with Gasteiger partial charge in [0.1, 0.15) is 0 Å². The monoisotopic (exact) mass is 764 g/mol. The average Bonchev–Trinajstić information content (AvgIpc) is 2.79. The summed E-state index contributed by atoms with van der Waals surface area (Å²) in [5, 5.41) is 12.1. The van der Waals surface area contributed by atoms with Crippen molar-refractivity contribution in [2.24, 2.45) is 5.73 Å². The Morgan fingerprint density at radius 3 is 1.27 bits per heavy atom. The van der Waals surface area contributed by atoms with E-state index < -0.39 is 87.9 Å². The number of nitrogens with two attached hydrogens (primary N) is 1. The first-order valence-electron chi connectivity index (χ1n) is 9.97. The Hall–Kier alpha value is 0.893. The van der Waals surface area contributed by atoms with Gasteiger partial charge in [0.25, 0.3) is 10.0 Å². The van der Waals surface area contributed by atoms with Crippen LogP contribution < -0.4 is 123 Å². The van der Waals surface area contributed by atoms with Crippen molar-refractivity contribution in [2.75, 3.05) is 6.54 Å². The zero-order valence-electron chi connectivity index (χ0n) is 21.8. The first-order chi connectivity index (χ1) is 18.1. The number of carbonyl (C=O) groups excluding carboxylic acids is 2. The van der Waals surface area contributed by atoms with Crippen molar-refractivity contribution in [2.45, 2.75) is 79.2 Å². The van der Waals surface area contributed by atoms with Gasteiger partial charge in [-0.15, -0.1) is 0 Å². The molecule has 0 aliphatic heterocycles. The summed E-state index contributed by atoms with van der Waals surface area (Å²) in [6, 6.07) is -1.21. The van der Waals surface area contributed by atoms with Gasteiger partial charge in [0.2, 0.25) is 0 Å².